The van der Waals surface area contributed by atoms with Gasteiger partial charge in [0.2, 0.25) is 0 Å². The molecule has 0 aliphatic heterocycles. The topological polar surface area (TPSA) is 46.2 Å². The van der Waals surface area contributed by atoms with Crippen molar-refractivity contribution >= 4 is 9.84 Å². The summed E-state index contributed by atoms with van der Waals surface area (Å²) in [5.41, 5.74) is 3.39. The molecule has 0 aliphatic carbocycles. The van der Waals surface area contributed by atoms with Crippen LogP contribution < -0.4 is 5.32 Å². The molecule has 1 rings (SSSR count). The average molecular weight is 269 g/mol. The van der Waals surface area contributed by atoms with E-state index in [4.69, 9.17) is 0 Å². The van der Waals surface area contributed by atoms with Gasteiger partial charge in [-0.2, -0.15) is 0 Å². The highest BCUT2D eigenvalue weighted by Crippen LogP contribution is 2.20. The maximum Gasteiger partial charge on any atom is 0.149 e. The molecule has 0 bridgehead atoms. The van der Waals surface area contributed by atoms with Crippen LogP contribution in [0.4, 0.5) is 0 Å². The minimum Gasteiger partial charge on any atom is -0.309 e. The minimum absolute atomic E-state index is 0.111. The zero-order valence-corrected chi connectivity index (χ0v) is 12.5. The molecule has 0 aliphatic rings. The van der Waals surface area contributed by atoms with Gasteiger partial charge in [-0.1, -0.05) is 30.7 Å². The van der Waals surface area contributed by atoms with Gasteiger partial charge in [0.25, 0.3) is 0 Å². The van der Waals surface area contributed by atoms with E-state index in [1.54, 1.807) is 0 Å². The number of rotatable bonds is 6. The van der Waals surface area contributed by atoms with Crippen molar-refractivity contribution in [1.82, 2.24) is 5.32 Å². The van der Waals surface area contributed by atoms with E-state index in [-0.39, 0.29) is 11.8 Å². The number of hydrogen-bond donors (Lipinski definition) is 1. The van der Waals surface area contributed by atoms with E-state index in [1.165, 1.54) is 6.26 Å². The lowest BCUT2D eigenvalue weighted by Crippen LogP contribution is -2.29. The Hall–Kier alpha value is -0.870. The molecule has 0 fully saturated rings. The molecule has 1 aromatic rings. The van der Waals surface area contributed by atoms with Gasteiger partial charge < -0.3 is 5.32 Å². The first-order chi connectivity index (χ1) is 8.33. The highest BCUT2D eigenvalue weighted by atomic mass is 32.2. The first-order valence-corrected chi connectivity index (χ1v) is 8.38. The molecule has 1 N–H and O–H groups in total. The van der Waals surface area contributed by atoms with Crippen LogP contribution >= 0.6 is 0 Å². The lowest BCUT2D eigenvalue weighted by molar-refractivity contribution is 0.547. The summed E-state index contributed by atoms with van der Waals surface area (Å²) >= 11 is 0. The molecule has 0 aromatic heterocycles. The van der Waals surface area contributed by atoms with E-state index in [9.17, 15) is 8.42 Å². The van der Waals surface area contributed by atoms with E-state index in [0.717, 1.165) is 29.7 Å². The number of hydrogen-bond acceptors (Lipinski definition) is 3. The third-order valence-electron chi connectivity index (χ3n) is 2.92. The fraction of sp³-hybridized carbons (Fsp3) is 0.571. The normalized spacial score (nSPS) is 13.6. The lowest BCUT2D eigenvalue weighted by atomic mass is 10.00. The van der Waals surface area contributed by atoms with Gasteiger partial charge in [-0.15, -0.1) is 0 Å². The summed E-state index contributed by atoms with van der Waals surface area (Å²) in [4.78, 5) is 0. The van der Waals surface area contributed by atoms with Crippen molar-refractivity contribution in [3.05, 3.63) is 34.9 Å². The highest BCUT2D eigenvalue weighted by Gasteiger charge is 2.18. The van der Waals surface area contributed by atoms with Gasteiger partial charge in [-0.25, -0.2) is 8.42 Å². The second-order valence-corrected chi connectivity index (χ2v) is 7.14. The second-order valence-electron chi connectivity index (χ2n) is 4.96. The summed E-state index contributed by atoms with van der Waals surface area (Å²) in [6, 6.07) is 6.07. The predicted octanol–water partition coefficient (Wildman–Crippen LogP) is 2.39. The molecule has 0 radical (unpaired) electrons. The average Bonchev–Trinajstić information content (AvgIpc) is 2.26. The smallest absolute Gasteiger partial charge is 0.149 e. The van der Waals surface area contributed by atoms with Crippen molar-refractivity contribution in [1.29, 1.82) is 0 Å². The summed E-state index contributed by atoms with van der Waals surface area (Å²) < 4.78 is 23.1. The van der Waals surface area contributed by atoms with Crippen LogP contribution in [0.1, 0.15) is 36.1 Å². The summed E-state index contributed by atoms with van der Waals surface area (Å²) in [7, 11) is -2.99. The number of sulfone groups is 1. The molecular weight excluding hydrogens is 246 g/mol. The van der Waals surface area contributed by atoms with Crippen LogP contribution in [-0.4, -0.2) is 27.0 Å². The zero-order valence-electron chi connectivity index (χ0n) is 11.7. The van der Waals surface area contributed by atoms with Crippen molar-refractivity contribution in [2.75, 3.05) is 18.6 Å². The molecule has 4 heteroatoms. The fourth-order valence-electron chi connectivity index (χ4n) is 2.02. The molecule has 0 saturated carbocycles. The van der Waals surface area contributed by atoms with Gasteiger partial charge in [0, 0.05) is 12.3 Å². The first-order valence-electron chi connectivity index (χ1n) is 6.31. The van der Waals surface area contributed by atoms with Crippen LogP contribution in [0.5, 0.6) is 0 Å². The largest absolute Gasteiger partial charge is 0.309 e. The quantitative estimate of drug-likeness (QED) is 0.862. The second kappa shape index (κ2) is 6.34. The van der Waals surface area contributed by atoms with Crippen LogP contribution in [0.25, 0.3) is 0 Å². The fourth-order valence-corrected chi connectivity index (χ4v) is 2.92. The molecule has 0 spiro atoms. The summed E-state index contributed by atoms with van der Waals surface area (Å²) in [6.45, 7) is 6.96. The summed E-state index contributed by atoms with van der Waals surface area (Å²) in [5.74, 6) is 0.150. The Morgan fingerprint density at radius 2 is 1.94 bits per heavy atom. The van der Waals surface area contributed by atoms with Gasteiger partial charge in [-0.3, -0.25) is 0 Å². The van der Waals surface area contributed by atoms with Crippen LogP contribution in [0.3, 0.4) is 0 Å². The van der Waals surface area contributed by atoms with E-state index in [1.807, 2.05) is 19.9 Å². The molecule has 18 heavy (non-hydrogen) atoms. The summed E-state index contributed by atoms with van der Waals surface area (Å²) in [6.07, 6.45) is 2.28. The number of nitrogens with one attached hydrogen (secondary N) is 1. The van der Waals surface area contributed by atoms with Crippen molar-refractivity contribution in [3.63, 3.8) is 0 Å². The maximum atomic E-state index is 11.5. The van der Waals surface area contributed by atoms with Gasteiger partial charge in [-0.05, 0) is 37.9 Å². The molecule has 3 nitrogen and oxygen atoms in total. The SMILES string of the molecule is CCCNC(CS(C)(=O)=O)c1cc(C)ccc1C. The molecule has 1 atom stereocenters. The maximum absolute atomic E-state index is 11.5. The Bertz CT molecular complexity index is 495. The van der Waals surface area contributed by atoms with Gasteiger partial charge in [0.1, 0.15) is 9.84 Å². The Kier molecular flexibility index (Phi) is 5.35. The molecule has 0 amide bonds. The third-order valence-corrected chi connectivity index (χ3v) is 3.86. The van der Waals surface area contributed by atoms with E-state index in [0.29, 0.717) is 0 Å². The van der Waals surface area contributed by atoms with Gasteiger partial charge in [0.15, 0.2) is 0 Å². The standard InChI is InChI=1S/C14H23NO2S/c1-5-8-15-14(10-18(4,16)17)13-9-11(2)6-7-12(13)3/h6-7,9,14-15H,5,8,10H2,1-4H3. The van der Waals surface area contributed by atoms with Crippen LogP contribution in [0.15, 0.2) is 18.2 Å². The van der Waals surface area contributed by atoms with E-state index >= 15 is 0 Å². The Morgan fingerprint density at radius 3 is 2.50 bits per heavy atom. The molecule has 1 aromatic carbocycles. The van der Waals surface area contributed by atoms with E-state index < -0.39 is 9.84 Å². The van der Waals surface area contributed by atoms with Crippen LogP contribution in [-0.2, 0) is 9.84 Å². The molecule has 0 saturated heterocycles. The molecule has 0 heterocycles. The van der Waals surface area contributed by atoms with E-state index in [2.05, 4.69) is 24.4 Å². The van der Waals surface area contributed by atoms with Crippen LogP contribution in [0, 0.1) is 13.8 Å². The highest BCUT2D eigenvalue weighted by molar-refractivity contribution is 7.90. The Morgan fingerprint density at radius 1 is 1.28 bits per heavy atom. The third kappa shape index (κ3) is 4.78. The Balaban J connectivity index is 3.04. The minimum atomic E-state index is -2.99. The monoisotopic (exact) mass is 269 g/mol. The van der Waals surface area contributed by atoms with Crippen molar-refractivity contribution < 1.29 is 8.42 Å². The molecular formula is C14H23NO2S. The summed E-state index contributed by atoms with van der Waals surface area (Å²) in [5, 5.41) is 3.33. The van der Waals surface area contributed by atoms with Crippen molar-refractivity contribution in [3.8, 4) is 0 Å². The lowest BCUT2D eigenvalue weighted by Gasteiger charge is -2.20. The van der Waals surface area contributed by atoms with Crippen LogP contribution in [0.2, 0.25) is 0 Å². The zero-order chi connectivity index (χ0) is 13.8. The van der Waals surface area contributed by atoms with Crippen molar-refractivity contribution in [2.45, 2.75) is 33.2 Å². The predicted molar refractivity (Wildman–Crippen MR) is 76.7 cm³/mol. The first kappa shape index (κ1) is 15.2. The molecule has 1 unspecified atom stereocenters. The molecule has 102 valence electrons. The van der Waals surface area contributed by atoms with Gasteiger partial charge in [0.05, 0.1) is 5.75 Å². The van der Waals surface area contributed by atoms with Gasteiger partial charge >= 0.3 is 0 Å². The van der Waals surface area contributed by atoms with Crippen molar-refractivity contribution in [2.24, 2.45) is 0 Å². The number of benzene rings is 1. The number of aryl methyl sites for hydroxylation is 2. The Labute approximate surface area is 111 Å².